The number of hydrogen-bond acceptors (Lipinski definition) is 7. The van der Waals surface area contributed by atoms with Crippen LogP contribution in [-0.4, -0.2) is 62.7 Å². The van der Waals surface area contributed by atoms with Gasteiger partial charge in [-0.3, -0.25) is 39.3 Å². The van der Waals surface area contributed by atoms with Crippen molar-refractivity contribution in [3.63, 3.8) is 0 Å². The van der Waals surface area contributed by atoms with Gasteiger partial charge in [0.1, 0.15) is 6.04 Å². The van der Waals surface area contributed by atoms with E-state index in [4.69, 9.17) is 0 Å². The molecule has 2 atom stereocenters. The fourth-order valence-electron chi connectivity index (χ4n) is 6.05. The van der Waals surface area contributed by atoms with Crippen LogP contribution in [0.1, 0.15) is 75.6 Å². The third kappa shape index (κ3) is 3.49. The maximum absolute atomic E-state index is 13.2. The van der Waals surface area contributed by atoms with Crippen LogP contribution < -0.4 is 5.32 Å². The Kier molecular flexibility index (Phi) is 5.08. The number of nitrogens with one attached hydrogen (secondary N) is 1. The number of nitrogens with zero attached hydrogens (tertiary/aromatic N) is 3. The second-order valence-corrected chi connectivity index (χ2v) is 9.90. The summed E-state index contributed by atoms with van der Waals surface area (Å²) < 4.78 is 0. The first-order chi connectivity index (χ1) is 16.9. The lowest BCUT2D eigenvalue weighted by molar-refractivity contribution is -0.136. The number of hydrogen-bond donors (Lipinski definition) is 2. The molecule has 1 aromatic carbocycles. The second kappa shape index (κ2) is 8.07. The number of aryl methyl sites for hydroxylation is 1. The normalized spacial score (nSPS) is 26.0. The van der Waals surface area contributed by atoms with Crippen molar-refractivity contribution in [1.29, 1.82) is 0 Å². The number of carbonyl (C=O) groups excluding carboxylic acids is 4. The summed E-state index contributed by atoms with van der Waals surface area (Å²) in [5.41, 5.74) is 2.54. The number of aromatic nitrogens is 1. The standard InChI is InChI=1S/C26H26N4O5/c31-22-6-5-21(23(32)28-22)30-24(33)18-3-2-16(13-19(18)25(30)34)26(35)8-11-29(12-9-26)20-4-1-15-14-27-10-7-17(15)20/h2-3,7,10,13-14,20-21,35H,1,4-6,8-9,11-12H2,(H,28,31,32). The molecule has 2 N–H and O–H groups in total. The van der Waals surface area contributed by atoms with Crippen LogP contribution in [0.3, 0.4) is 0 Å². The van der Waals surface area contributed by atoms with E-state index in [1.165, 1.54) is 11.1 Å². The maximum atomic E-state index is 13.2. The summed E-state index contributed by atoms with van der Waals surface area (Å²) in [5.74, 6) is -2.14. The van der Waals surface area contributed by atoms with Gasteiger partial charge in [0.15, 0.2) is 0 Å². The zero-order valence-corrected chi connectivity index (χ0v) is 19.2. The van der Waals surface area contributed by atoms with E-state index in [1.807, 2.05) is 12.4 Å². The highest BCUT2D eigenvalue weighted by Gasteiger charge is 2.46. The van der Waals surface area contributed by atoms with Gasteiger partial charge in [0, 0.05) is 37.9 Å². The molecule has 0 bridgehead atoms. The highest BCUT2D eigenvalue weighted by molar-refractivity contribution is 6.23. The average molecular weight is 475 g/mol. The predicted octanol–water partition coefficient (Wildman–Crippen LogP) is 1.45. The molecule has 0 saturated carbocycles. The largest absolute Gasteiger partial charge is 0.385 e. The van der Waals surface area contributed by atoms with E-state index in [0.29, 0.717) is 24.4 Å². The zero-order valence-electron chi connectivity index (χ0n) is 19.2. The molecule has 9 heteroatoms. The minimum absolute atomic E-state index is 0.0767. The number of imide groups is 2. The molecular formula is C26H26N4O5. The lowest BCUT2D eigenvalue weighted by Crippen LogP contribution is -2.54. The van der Waals surface area contributed by atoms with Gasteiger partial charge >= 0.3 is 0 Å². The predicted molar refractivity (Wildman–Crippen MR) is 123 cm³/mol. The number of pyridine rings is 1. The Morgan fingerprint density at radius 2 is 1.69 bits per heavy atom. The van der Waals surface area contributed by atoms with Gasteiger partial charge in [-0.25, -0.2) is 0 Å². The van der Waals surface area contributed by atoms with Crippen molar-refractivity contribution in [2.24, 2.45) is 0 Å². The van der Waals surface area contributed by atoms with Crippen molar-refractivity contribution >= 4 is 23.6 Å². The van der Waals surface area contributed by atoms with E-state index >= 15 is 0 Å². The van der Waals surface area contributed by atoms with Crippen LogP contribution in [-0.2, 0) is 21.6 Å². The summed E-state index contributed by atoms with van der Waals surface area (Å²) in [7, 11) is 0. The SMILES string of the molecule is O=C1CCC(N2C(=O)c3ccc(C4(O)CCN(C5CCc6cnccc65)CC4)cc3C2=O)C(=O)N1. The third-order valence-corrected chi connectivity index (χ3v) is 8.03. The summed E-state index contributed by atoms with van der Waals surface area (Å²) >= 11 is 0. The van der Waals surface area contributed by atoms with Gasteiger partial charge in [-0.05, 0) is 67.0 Å². The van der Waals surface area contributed by atoms with Gasteiger partial charge in [0.05, 0.1) is 16.7 Å². The molecular weight excluding hydrogens is 448 g/mol. The van der Waals surface area contributed by atoms with Crippen molar-refractivity contribution in [3.8, 4) is 0 Å². The topological polar surface area (TPSA) is 120 Å². The number of carbonyl (C=O) groups is 4. The number of amides is 4. The number of rotatable bonds is 3. The number of aliphatic hydroxyl groups is 1. The molecule has 1 aliphatic carbocycles. The van der Waals surface area contributed by atoms with E-state index in [1.54, 1.807) is 18.2 Å². The number of piperidine rings is 2. The monoisotopic (exact) mass is 474 g/mol. The molecule has 2 fully saturated rings. The lowest BCUT2D eigenvalue weighted by Gasteiger charge is -2.41. The molecule has 2 saturated heterocycles. The van der Waals surface area contributed by atoms with E-state index in [2.05, 4.69) is 21.3 Å². The van der Waals surface area contributed by atoms with Crippen molar-refractivity contribution in [2.45, 2.75) is 56.2 Å². The molecule has 6 rings (SSSR count). The summed E-state index contributed by atoms with van der Waals surface area (Å²) in [6, 6.07) is 6.31. The van der Waals surface area contributed by atoms with Crippen LogP contribution in [0.4, 0.5) is 0 Å². The van der Waals surface area contributed by atoms with Crippen molar-refractivity contribution in [1.82, 2.24) is 20.1 Å². The van der Waals surface area contributed by atoms with E-state index in [9.17, 15) is 24.3 Å². The first-order valence-corrected chi connectivity index (χ1v) is 12.1. The van der Waals surface area contributed by atoms with Gasteiger partial charge in [-0.2, -0.15) is 0 Å². The Bertz CT molecular complexity index is 1270. The Morgan fingerprint density at radius 3 is 2.46 bits per heavy atom. The molecule has 4 aliphatic rings. The molecule has 2 aromatic rings. The quantitative estimate of drug-likeness (QED) is 0.646. The lowest BCUT2D eigenvalue weighted by atomic mass is 9.82. The molecule has 35 heavy (non-hydrogen) atoms. The molecule has 0 spiro atoms. The van der Waals surface area contributed by atoms with Gasteiger partial charge < -0.3 is 5.11 Å². The van der Waals surface area contributed by atoms with Crippen LogP contribution in [0.25, 0.3) is 0 Å². The highest BCUT2D eigenvalue weighted by Crippen LogP contribution is 2.41. The van der Waals surface area contributed by atoms with Crippen molar-refractivity contribution < 1.29 is 24.3 Å². The molecule has 1 aromatic heterocycles. The third-order valence-electron chi connectivity index (χ3n) is 8.03. The molecule has 9 nitrogen and oxygen atoms in total. The summed E-state index contributed by atoms with van der Waals surface area (Å²) in [6.07, 6.45) is 7.05. The maximum Gasteiger partial charge on any atom is 0.262 e. The number of fused-ring (bicyclic) bond motifs is 2. The van der Waals surface area contributed by atoms with Crippen molar-refractivity contribution in [3.05, 3.63) is 64.5 Å². The first kappa shape index (κ1) is 22.1. The van der Waals surface area contributed by atoms with Gasteiger partial charge in [0.25, 0.3) is 11.8 Å². The number of likely N-dealkylation sites (tertiary alicyclic amines) is 1. The highest BCUT2D eigenvalue weighted by atomic mass is 16.3. The Labute approximate surface area is 202 Å². The van der Waals surface area contributed by atoms with Gasteiger partial charge in [-0.15, -0.1) is 0 Å². The van der Waals surface area contributed by atoms with E-state index in [0.717, 1.165) is 30.8 Å². The molecule has 3 aliphatic heterocycles. The molecule has 0 radical (unpaired) electrons. The second-order valence-electron chi connectivity index (χ2n) is 9.90. The Balaban J connectivity index is 1.20. The minimum atomic E-state index is -1.10. The molecule has 180 valence electrons. The summed E-state index contributed by atoms with van der Waals surface area (Å²) in [4.78, 5) is 57.5. The van der Waals surface area contributed by atoms with Crippen LogP contribution in [0, 0.1) is 0 Å². The van der Waals surface area contributed by atoms with Crippen LogP contribution in [0.5, 0.6) is 0 Å². The van der Waals surface area contributed by atoms with Gasteiger partial charge in [0.2, 0.25) is 11.8 Å². The fourth-order valence-corrected chi connectivity index (χ4v) is 6.05. The van der Waals surface area contributed by atoms with Gasteiger partial charge in [-0.1, -0.05) is 6.07 Å². The summed E-state index contributed by atoms with van der Waals surface area (Å²) in [6.45, 7) is 1.44. The zero-order chi connectivity index (χ0) is 24.3. The van der Waals surface area contributed by atoms with E-state index in [-0.39, 0.29) is 24.0 Å². The minimum Gasteiger partial charge on any atom is -0.385 e. The fraction of sp³-hybridized carbons (Fsp3) is 0.423. The molecule has 4 heterocycles. The first-order valence-electron chi connectivity index (χ1n) is 12.1. The summed E-state index contributed by atoms with van der Waals surface area (Å²) in [5, 5.41) is 13.7. The number of benzene rings is 1. The van der Waals surface area contributed by atoms with E-state index < -0.39 is 35.3 Å². The molecule has 4 amide bonds. The van der Waals surface area contributed by atoms with Crippen LogP contribution >= 0.6 is 0 Å². The Hall–Kier alpha value is -3.43. The van der Waals surface area contributed by atoms with Crippen molar-refractivity contribution in [2.75, 3.05) is 13.1 Å². The van der Waals surface area contributed by atoms with Crippen LogP contribution in [0.15, 0.2) is 36.7 Å². The Morgan fingerprint density at radius 1 is 0.943 bits per heavy atom. The molecule has 2 unspecified atom stereocenters. The average Bonchev–Trinajstić information content (AvgIpc) is 3.39. The smallest absolute Gasteiger partial charge is 0.262 e. The van der Waals surface area contributed by atoms with Crippen LogP contribution in [0.2, 0.25) is 0 Å².